The smallest absolute Gasteiger partial charge is 0.196 e. The molecule has 0 fully saturated rings. The van der Waals surface area contributed by atoms with Gasteiger partial charge in [0.05, 0.1) is 11.3 Å². The molecule has 1 atom stereocenters. The van der Waals surface area contributed by atoms with Crippen LogP contribution in [0.15, 0.2) is 307 Å². The van der Waals surface area contributed by atoms with Crippen LogP contribution in [0.25, 0.3) is 55.6 Å². The summed E-state index contributed by atoms with van der Waals surface area (Å²) in [6, 6.07) is 95.9. The fourth-order valence-electron chi connectivity index (χ4n) is 10.8. The van der Waals surface area contributed by atoms with Crippen LogP contribution in [0.4, 0.5) is 28.4 Å². The first kappa shape index (κ1) is 50.2. The highest BCUT2D eigenvalue weighted by atomic mass is 79.9. The van der Waals surface area contributed by atoms with E-state index in [9.17, 15) is 9.59 Å². The molecule has 0 heterocycles. The monoisotopic (exact) mass is 1080 g/mol. The molecule has 11 aromatic carbocycles. The highest BCUT2D eigenvalue weighted by molar-refractivity contribution is 9.10. The summed E-state index contributed by atoms with van der Waals surface area (Å²) in [6.45, 7) is 0. The van der Waals surface area contributed by atoms with Crippen molar-refractivity contribution in [2.24, 2.45) is 0 Å². The summed E-state index contributed by atoms with van der Waals surface area (Å²) >= 11 is 3.45. The summed E-state index contributed by atoms with van der Waals surface area (Å²) < 4.78 is 0.917. The van der Waals surface area contributed by atoms with Gasteiger partial charge in [-0.25, -0.2) is 0 Å². The SMILES string of the molecule is O=C1C2=CC=CCC2c2cccc(Br)c21.O=C1c2ccccc2-c2cccc(N(c3ccc(-c4ccccc4)cc3)c3ccc(-c4ccccc4)cc3)c21.c1ccc(-c2ccc(Nc3ccc(-c4ccccc4)cc3)cc2)cc1. The van der Waals surface area contributed by atoms with Crippen LogP contribution in [0.2, 0.25) is 0 Å². The Bertz CT molecular complexity index is 3840. The number of halogens is 1. The van der Waals surface area contributed by atoms with Crippen molar-refractivity contribution in [2.45, 2.75) is 12.3 Å². The number of allylic oxidation sites excluding steroid dienone is 4. The maximum absolute atomic E-state index is 13.7. The second kappa shape index (κ2) is 22.9. The summed E-state index contributed by atoms with van der Waals surface area (Å²) in [7, 11) is 0. The number of nitrogens with zero attached hydrogens (tertiary/aromatic N) is 1. The number of nitrogens with one attached hydrogen (secondary N) is 1. The van der Waals surface area contributed by atoms with Gasteiger partial charge in [0.1, 0.15) is 0 Å². The molecule has 4 nitrogen and oxygen atoms in total. The van der Waals surface area contributed by atoms with Gasteiger partial charge in [-0.05, 0) is 128 Å². The zero-order valence-corrected chi connectivity index (χ0v) is 44.8. The van der Waals surface area contributed by atoms with Crippen molar-refractivity contribution in [3.05, 3.63) is 330 Å². The number of fused-ring (bicyclic) bond motifs is 6. The molecule has 378 valence electrons. The van der Waals surface area contributed by atoms with Gasteiger partial charge in [0, 0.05) is 49.8 Å². The second-order valence-electron chi connectivity index (χ2n) is 19.6. The molecular weight excluding hydrogens is 1030 g/mol. The Balaban J connectivity index is 0.000000132. The number of hydrogen-bond donors (Lipinski definition) is 1. The summed E-state index contributed by atoms with van der Waals surface area (Å²) in [4.78, 5) is 28.0. The first-order valence-electron chi connectivity index (χ1n) is 26.6. The number of carbonyl (C=O) groups excluding carboxylic acids is 2. The van der Waals surface area contributed by atoms with Gasteiger partial charge in [-0.15, -0.1) is 0 Å². The highest BCUT2D eigenvalue weighted by Crippen LogP contribution is 2.47. The van der Waals surface area contributed by atoms with E-state index in [0.717, 1.165) is 83.8 Å². The second-order valence-corrected chi connectivity index (χ2v) is 20.5. The Morgan fingerprint density at radius 2 is 0.772 bits per heavy atom. The Morgan fingerprint density at radius 1 is 0.367 bits per heavy atom. The van der Waals surface area contributed by atoms with Crippen LogP contribution >= 0.6 is 15.9 Å². The Morgan fingerprint density at radius 3 is 1.25 bits per heavy atom. The standard InChI is InChI=1S/C37H25NO.C24H19N.C13H9BrO/c39-37-34-15-8-7-14-32(34)33-16-9-17-35(36(33)37)38(30-22-18-28(19-23-30)26-10-3-1-4-11-26)31-24-20-29(21-25-31)27-12-5-2-6-13-27;1-3-7-19(8-4-1)21-11-15-23(16-12-21)25-24-17-13-22(14-18-24)20-9-5-2-6-10-20;14-11-7-3-6-9-8-4-1-2-5-10(8)13(15)12(9)11/h1-25H;1-18,25H;1-3,5-8H,4H2. The molecule has 0 aromatic heterocycles. The minimum atomic E-state index is 0.0722. The van der Waals surface area contributed by atoms with E-state index in [-0.39, 0.29) is 17.5 Å². The molecule has 1 N–H and O–H groups in total. The van der Waals surface area contributed by atoms with Crippen molar-refractivity contribution < 1.29 is 9.59 Å². The average Bonchev–Trinajstić information content (AvgIpc) is 4.03. The molecular formula is C74H53BrN2O2. The minimum absolute atomic E-state index is 0.0722. The van der Waals surface area contributed by atoms with Gasteiger partial charge in [0.15, 0.2) is 11.6 Å². The van der Waals surface area contributed by atoms with Gasteiger partial charge in [0.25, 0.3) is 0 Å². The van der Waals surface area contributed by atoms with E-state index in [1.165, 1.54) is 38.9 Å². The number of Topliss-reactive ketones (excluding diaryl/α,β-unsaturated/α-hetero) is 1. The van der Waals surface area contributed by atoms with Gasteiger partial charge in [-0.1, -0.05) is 253 Å². The van der Waals surface area contributed by atoms with Gasteiger partial charge < -0.3 is 10.2 Å². The summed E-state index contributed by atoms with van der Waals surface area (Å²) in [5, 5.41) is 3.46. The van der Waals surface area contributed by atoms with Crippen LogP contribution in [-0.2, 0) is 0 Å². The normalized spacial score (nSPS) is 13.3. The van der Waals surface area contributed by atoms with E-state index >= 15 is 0 Å². The molecule has 3 aliphatic carbocycles. The van der Waals surface area contributed by atoms with Gasteiger partial charge >= 0.3 is 0 Å². The predicted octanol–water partition coefficient (Wildman–Crippen LogP) is 20.1. The molecule has 0 bridgehead atoms. The molecule has 0 aliphatic heterocycles. The Labute approximate surface area is 470 Å². The molecule has 1 unspecified atom stereocenters. The van der Waals surface area contributed by atoms with Crippen LogP contribution in [0.3, 0.4) is 0 Å². The lowest BCUT2D eigenvalue weighted by molar-refractivity contribution is 0.103. The molecule has 0 saturated heterocycles. The third-order valence-electron chi connectivity index (χ3n) is 14.8. The van der Waals surface area contributed by atoms with E-state index in [0.29, 0.717) is 0 Å². The van der Waals surface area contributed by atoms with E-state index in [1.807, 2.05) is 78.9 Å². The third kappa shape index (κ3) is 10.6. The zero-order chi connectivity index (χ0) is 53.5. The molecule has 0 radical (unpaired) electrons. The molecule has 5 heteroatoms. The first-order chi connectivity index (χ1) is 38.9. The molecule has 14 rings (SSSR count). The fraction of sp³-hybridized carbons (Fsp3) is 0.0270. The van der Waals surface area contributed by atoms with Crippen molar-refractivity contribution in [1.29, 1.82) is 0 Å². The lowest BCUT2D eigenvalue weighted by Crippen LogP contribution is -2.13. The Hall–Kier alpha value is -9.68. The number of hydrogen-bond acceptors (Lipinski definition) is 4. The van der Waals surface area contributed by atoms with E-state index < -0.39 is 0 Å². The number of carbonyl (C=O) groups is 2. The van der Waals surface area contributed by atoms with E-state index in [1.54, 1.807) is 0 Å². The molecule has 0 saturated carbocycles. The van der Waals surface area contributed by atoms with Crippen LogP contribution in [0.5, 0.6) is 0 Å². The molecule has 3 aliphatic rings. The van der Waals surface area contributed by atoms with Gasteiger partial charge in [-0.3, -0.25) is 9.59 Å². The number of rotatable bonds is 9. The predicted molar refractivity (Wildman–Crippen MR) is 331 cm³/mol. The summed E-state index contributed by atoms with van der Waals surface area (Å²) in [6.07, 6.45) is 6.99. The maximum Gasteiger partial charge on any atom is 0.196 e. The fourth-order valence-corrected chi connectivity index (χ4v) is 11.4. The van der Waals surface area contributed by atoms with E-state index in [2.05, 4.69) is 245 Å². The van der Waals surface area contributed by atoms with Crippen molar-refractivity contribution >= 4 is 55.9 Å². The lowest BCUT2D eigenvalue weighted by atomic mass is 9.91. The number of benzene rings is 11. The third-order valence-corrected chi connectivity index (χ3v) is 15.4. The summed E-state index contributed by atoms with van der Waals surface area (Å²) in [5.41, 5.74) is 21.1. The van der Waals surface area contributed by atoms with Crippen molar-refractivity contribution in [3.8, 4) is 55.6 Å². The molecule has 0 spiro atoms. The number of ketones is 2. The van der Waals surface area contributed by atoms with Crippen molar-refractivity contribution in [1.82, 2.24) is 0 Å². The topological polar surface area (TPSA) is 49.4 Å². The molecule has 11 aromatic rings. The van der Waals surface area contributed by atoms with Crippen molar-refractivity contribution in [3.63, 3.8) is 0 Å². The first-order valence-corrected chi connectivity index (χ1v) is 27.4. The van der Waals surface area contributed by atoms with Gasteiger partial charge in [0.2, 0.25) is 0 Å². The quantitative estimate of drug-likeness (QED) is 0.156. The van der Waals surface area contributed by atoms with E-state index in [4.69, 9.17) is 0 Å². The Kier molecular flexibility index (Phi) is 14.5. The maximum atomic E-state index is 13.7. The molecule has 79 heavy (non-hydrogen) atoms. The summed E-state index contributed by atoms with van der Waals surface area (Å²) in [5.74, 6) is 0.546. The lowest BCUT2D eigenvalue weighted by Gasteiger charge is -2.27. The van der Waals surface area contributed by atoms with Gasteiger partial charge in [-0.2, -0.15) is 0 Å². The average molecular weight is 1080 g/mol. The van der Waals surface area contributed by atoms with Crippen LogP contribution in [0, 0.1) is 0 Å². The minimum Gasteiger partial charge on any atom is -0.356 e. The van der Waals surface area contributed by atoms with Crippen LogP contribution in [-0.4, -0.2) is 11.6 Å². The van der Waals surface area contributed by atoms with Crippen molar-refractivity contribution in [2.75, 3.05) is 10.2 Å². The van der Waals surface area contributed by atoms with Crippen LogP contribution < -0.4 is 10.2 Å². The van der Waals surface area contributed by atoms with Crippen LogP contribution in [0.1, 0.15) is 44.2 Å². The zero-order valence-electron chi connectivity index (χ0n) is 43.2. The molecule has 0 amide bonds. The number of anilines is 5. The largest absolute Gasteiger partial charge is 0.356 e. The highest BCUT2D eigenvalue weighted by Gasteiger charge is 2.36.